The summed E-state index contributed by atoms with van der Waals surface area (Å²) in [5, 5.41) is 2.44. The predicted molar refractivity (Wildman–Crippen MR) is 76.4 cm³/mol. The Balaban J connectivity index is 2.74. The summed E-state index contributed by atoms with van der Waals surface area (Å²) >= 11 is 0. The Morgan fingerprint density at radius 2 is 1.81 bits per heavy atom. The molecule has 1 aromatic rings. The van der Waals surface area contributed by atoms with Crippen LogP contribution in [0.2, 0.25) is 0 Å². The molecule has 8 heteroatoms. The highest BCUT2D eigenvalue weighted by Gasteiger charge is 2.17. The molecule has 0 aromatic heterocycles. The molecule has 0 aliphatic rings. The Labute approximate surface area is 123 Å². The van der Waals surface area contributed by atoms with Gasteiger partial charge in [-0.1, -0.05) is 13.3 Å². The highest BCUT2D eigenvalue weighted by atomic mass is 32.2. The standard InChI is InChI=1S/C13H18N2O5S/c1-3-4-9-14-13(17)15-21(18,19)11-7-5-10(6-8-11)12(16)20-2/h5-8H,3-4,9H2,1-2H3,(H2,14,15,17). The minimum atomic E-state index is -3.96. The number of unbranched alkanes of at least 4 members (excludes halogenated alkanes) is 1. The van der Waals surface area contributed by atoms with Crippen molar-refractivity contribution in [1.29, 1.82) is 0 Å². The van der Waals surface area contributed by atoms with Gasteiger partial charge in [0, 0.05) is 6.54 Å². The third kappa shape index (κ3) is 5.07. The van der Waals surface area contributed by atoms with Crippen LogP contribution >= 0.6 is 0 Å². The minimum absolute atomic E-state index is 0.110. The molecular formula is C13H18N2O5S. The number of rotatable bonds is 6. The van der Waals surface area contributed by atoms with E-state index >= 15 is 0 Å². The van der Waals surface area contributed by atoms with Gasteiger partial charge in [0.15, 0.2) is 0 Å². The van der Waals surface area contributed by atoms with Crippen LogP contribution in [0, 0.1) is 0 Å². The van der Waals surface area contributed by atoms with Gasteiger partial charge in [-0.25, -0.2) is 22.7 Å². The first-order chi connectivity index (χ1) is 9.90. The van der Waals surface area contributed by atoms with Crippen molar-refractivity contribution < 1.29 is 22.7 Å². The average molecular weight is 314 g/mol. The molecule has 0 bridgehead atoms. The molecule has 0 fully saturated rings. The second-order valence-electron chi connectivity index (χ2n) is 4.23. The Morgan fingerprint density at radius 3 is 2.33 bits per heavy atom. The summed E-state index contributed by atoms with van der Waals surface area (Å²) in [6.45, 7) is 2.36. The van der Waals surface area contributed by atoms with Crippen LogP contribution in [0.4, 0.5) is 4.79 Å². The summed E-state index contributed by atoms with van der Waals surface area (Å²) in [5.74, 6) is -0.566. The lowest BCUT2D eigenvalue weighted by molar-refractivity contribution is 0.0600. The monoisotopic (exact) mass is 314 g/mol. The lowest BCUT2D eigenvalue weighted by Crippen LogP contribution is -2.39. The van der Waals surface area contributed by atoms with Crippen LogP contribution in [0.15, 0.2) is 29.2 Å². The van der Waals surface area contributed by atoms with Crippen molar-refractivity contribution in [2.75, 3.05) is 13.7 Å². The highest BCUT2D eigenvalue weighted by molar-refractivity contribution is 7.90. The molecule has 21 heavy (non-hydrogen) atoms. The van der Waals surface area contributed by atoms with E-state index in [9.17, 15) is 18.0 Å². The van der Waals surface area contributed by atoms with Gasteiger partial charge in [0.05, 0.1) is 17.6 Å². The van der Waals surface area contributed by atoms with E-state index in [0.717, 1.165) is 12.8 Å². The van der Waals surface area contributed by atoms with Crippen LogP contribution in [0.25, 0.3) is 0 Å². The minimum Gasteiger partial charge on any atom is -0.465 e. The smallest absolute Gasteiger partial charge is 0.337 e. The molecule has 0 aliphatic carbocycles. The van der Waals surface area contributed by atoms with Gasteiger partial charge < -0.3 is 10.1 Å². The van der Waals surface area contributed by atoms with E-state index in [2.05, 4.69) is 10.1 Å². The van der Waals surface area contributed by atoms with Crippen LogP contribution in [-0.4, -0.2) is 34.1 Å². The van der Waals surface area contributed by atoms with Crippen molar-refractivity contribution in [2.24, 2.45) is 0 Å². The normalized spacial score (nSPS) is 10.8. The van der Waals surface area contributed by atoms with Crippen molar-refractivity contribution in [1.82, 2.24) is 10.0 Å². The summed E-state index contributed by atoms with van der Waals surface area (Å²) in [5.41, 5.74) is 0.226. The van der Waals surface area contributed by atoms with E-state index in [1.54, 1.807) is 0 Å². The van der Waals surface area contributed by atoms with Crippen molar-refractivity contribution in [3.05, 3.63) is 29.8 Å². The quantitative estimate of drug-likeness (QED) is 0.608. The zero-order valence-corrected chi connectivity index (χ0v) is 12.7. The summed E-state index contributed by atoms with van der Waals surface area (Å²) < 4.78 is 30.3. The predicted octanol–water partition coefficient (Wildman–Crippen LogP) is 1.26. The summed E-state index contributed by atoms with van der Waals surface area (Å²) in [6, 6.07) is 4.31. The molecule has 0 spiro atoms. The van der Waals surface area contributed by atoms with Gasteiger partial charge in [-0.2, -0.15) is 0 Å². The topological polar surface area (TPSA) is 102 Å². The SMILES string of the molecule is CCCCNC(=O)NS(=O)(=O)c1ccc(C(=O)OC)cc1. The number of methoxy groups -OCH3 is 1. The third-order valence-corrected chi connectivity index (χ3v) is 3.98. The largest absolute Gasteiger partial charge is 0.465 e. The number of esters is 1. The Morgan fingerprint density at radius 1 is 1.19 bits per heavy atom. The summed E-state index contributed by atoms with van der Waals surface area (Å²) in [7, 11) is -2.73. The number of amides is 2. The Hall–Kier alpha value is -2.09. The van der Waals surface area contributed by atoms with Crippen molar-refractivity contribution in [3.63, 3.8) is 0 Å². The number of sulfonamides is 1. The first-order valence-corrected chi connectivity index (χ1v) is 7.88. The van der Waals surface area contributed by atoms with Gasteiger partial charge in [0.25, 0.3) is 10.0 Å². The van der Waals surface area contributed by atoms with Crippen molar-refractivity contribution >= 4 is 22.0 Å². The van der Waals surface area contributed by atoms with Crippen LogP contribution < -0.4 is 10.0 Å². The first-order valence-electron chi connectivity index (χ1n) is 6.39. The summed E-state index contributed by atoms with van der Waals surface area (Å²) in [6.07, 6.45) is 1.66. The molecule has 1 rings (SSSR count). The molecule has 2 N–H and O–H groups in total. The zero-order valence-electron chi connectivity index (χ0n) is 11.9. The number of carbonyl (C=O) groups excluding carboxylic acids is 2. The number of carbonyl (C=O) groups is 2. The van der Waals surface area contributed by atoms with Gasteiger partial charge in [0.1, 0.15) is 0 Å². The van der Waals surface area contributed by atoms with E-state index < -0.39 is 22.0 Å². The fourth-order valence-electron chi connectivity index (χ4n) is 1.48. The number of nitrogens with one attached hydrogen (secondary N) is 2. The maximum absolute atomic E-state index is 11.9. The number of hydrogen-bond donors (Lipinski definition) is 2. The van der Waals surface area contributed by atoms with E-state index in [4.69, 9.17) is 0 Å². The van der Waals surface area contributed by atoms with Gasteiger partial charge in [0.2, 0.25) is 0 Å². The fraction of sp³-hybridized carbons (Fsp3) is 0.385. The maximum atomic E-state index is 11.9. The van der Waals surface area contributed by atoms with Gasteiger partial charge in [-0.05, 0) is 30.7 Å². The molecule has 0 saturated carbocycles. The lowest BCUT2D eigenvalue weighted by Gasteiger charge is -2.08. The van der Waals surface area contributed by atoms with Gasteiger partial charge >= 0.3 is 12.0 Å². The molecule has 0 saturated heterocycles. The Kier molecular flexibility index (Phi) is 6.16. The average Bonchev–Trinajstić information content (AvgIpc) is 2.46. The fourth-order valence-corrected chi connectivity index (χ4v) is 2.41. The van der Waals surface area contributed by atoms with E-state index in [0.29, 0.717) is 6.54 Å². The van der Waals surface area contributed by atoms with E-state index in [-0.39, 0.29) is 10.5 Å². The number of ether oxygens (including phenoxy) is 1. The molecule has 0 atom stereocenters. The molecule has 7 nitrogen and oxygen atoms in total. The maximum Gasteiger partial charge on any atom is 0.337 e. The molecule has 1 aromatic carbocycles. The summed E-state index contributed by atoms with van der Waals surface area (Å²) in [4.78, 5) is 22.6. The molecule has 0 heterocycles. The van der Waals surface area contributed by atoms with Gasteiger partial charge in [-0.3, -0.25) is 0 Å². The molecule has 0 radical (unpaired) electrons. The molecule has 116 valence electrons. The second kappa shape index (κ2) is 7.63. The van der Waals surface area contributed by atoms with Crippen LogP contribution in [0.5, 0.6) is 0 Å². The van der Waals surface area contributed by atoms with Crippen molar-refractivity contribution in [2.45, 2.75) is 24.7 Å². The zero-order chi connectivity index (χ0) is 15.9. The number of benzene rings is 1. The van der Waals surface area contributed by atoms with Gasteiger partial charge in [-0.15, -0.1) is 0 Å². The highest BCUT2D eigenvalue weighted by Crippen LogP contribution is 2.11. The molecule has 2 amide bonds. The van der Waals surface area contributed by atoms with E-state index in [1.165, 1.54) is 31.4 Å². The second-order valence-corrected chi connectivity index (χ2v) is 5.91. The van der Waals surface area contributed by atoms with Crippen LogP contribution in [0.3, 0.4) is 0 Å². The number of urea groups is 1. The molecular weight excluding hydrogens is 296 g/mol. The van der Waals surface area contributed by atoms with Crippen LogP contribution in [-0.2, 0) is 14.8 Å². The van der Waals surface area contributed by atoms with Crippen molar-refractivity contribution in [3.8, 4) is 0 Å². The van der Waals surface area contributed by atoms with E-state index in [1.807, 2.05) is 11.6 Å². The number of hydrogen-bond acceptors (Lipinski definition) is 5. The van der Waals surface area contributed by atoms with Crippen LogP contribution in [0.1, 0.15) is 30.1 Å². The molecule has 0 unspecified atom stereocenters. The molecule has 0 aliphatic heterocycles. The Bertz CT molecular complexity index is 595. The third-order valence-electron chi connectivity index (χ3n) is 2.63. The lowest BCUT2D eigenvalue weighted by atomic mass is 10.2. The first kappa shape index (κ1) is 17.0.